The average molecular weight is 300 g/mol. The van der Waals surface area contributed by atoms with E-state index in [1.165, 1.54) is 11.3 Å². The van der Waals surface area contributed by atoms with E-state index in [4.69, 9.17) is 11.6 Å². The van der Waals surface area contributed by atoms with Gasteiger partial charge in [-0.3, -0.25) is 0 Å². The molecule has 0 atom stereocenters. The normalized spacial score (nSPS) is 10.7. The standard InChI is InChI=1S/C15H10ClN3S/c1-3-9-10(4-2)18-14(16)13(17-9)15-19-11-7-5-6-8-12(11)20-15/h3-8H,1-2H2. The number of benzene rings is 1. The fraction of sp³-hybridized carbons (Fsp3) is 0. The zero-order chi connectivity index (χ0) is 14.1. The lowest BCUT2D eigenvalue weighted by Crippen LogP contribution is -1.96. The lowest BCUT2D eigenvalue weighted by molar-refractivity contribution is 1.16. The van der Waals surface area contributed by atoms with Gasteiger partial charge in [-0.25, -0.2) is 15.0 Å². The third-order valence-corrected chi connectivity index (χ3v) is 4.10. The van der Waals surface area contributed by atoms with Gasteiger partial charge in [0.25, 0.3) is 0 Å². The third-order valence-electron chi connectivity index (χ3n) is 2.79. The van der Waals surface area contributed by atoms with Crippen LogP contribution in [0.15, 0.2) is 37.4 Å². The summed E-state index contributed by atoms with van der Waals surface area (Å²) in [5.41, 5.74) is 2.78. The first-order valence-corrected chi connectivity index (χ1v) is 7.10. The van der Waals surface area contributed by atoms with Gasteiger partial charge in [-0.05, 0) is 24.3 Å². The number of halogens is 1. The number of para-hydroxylation sites is 1. The molecule has 0 spiro atoms. The molecule has 0 amide bonds. The number of hydrogen-bond donors (Lipinski definition) is 0. The van der Waals surface area contributed by atoms with Crippen LogP contribution in [-0.2, 0) is 0 Å². The van der Waals surface area contributed by atoms with Crippen LogP contribution in [0.1, 0.15) is 11.4 Å². The molecule has 0 aliphatic carbocycles. The second-order valence-electron chi connectivity index (χ2n) is 4.03. The molecule has 0 unspecified atom stereocenters. The lowest BCUT2D eigenvalue weighted by atomic mass is 10.3. The van der Waals surface area contributed by atoms with E-state index in [1.54, 1.807) is 12.2 Å². The van der Waals surface area contributed by atoms with Gasteiger partial charge in [-0.2, -0.15) is 0 Å². The Morgan fingerprint density at radius 2 is 1.70 bits per heavy atom. The molecule has 0 aliphatic heterocycles. The Hall–Kier alpha value is -2.04. The van der Waals surface area contributed by atoms with Crippen molar-refractivity contribution in [2.75, 3.05) is 0 Å². The highest BCUT2D eigenvalue weighted by atomic mass is 35.5. The van der Waals surface area contributed by atoms with Gasteiger partial charge in [0.1, 0.15) is 10.7 Å². The van der Waals surface area contributed by atoms with Crippen LogP contribution in [-0.4, -0.2) is 15.0 Å². The van der Waals surface area contributed by atoms with E-state index >= 15 is 0 Å². The highest BCUT2D eigenvalue weighted by molar-refractivity contribution is 7.21. The molecule has 20 heavy (non-hydrogen) atoms. The smallest absolute Gasteiger partial charge is 0.158 e. The van der Waals surface area contributed by atoms with Crippen molar-refractivity contribution in [3.8, 4) is 10.7 Å². The largest absolute Gasteiger partial charge is 0.240 e. The highest BCUT2D eigenvalue weighted by Crippen LogP contribution is 2.32. The van der Waals surface area contributed by atoms with E-state index in [-0.39, 0.29) is 0 Å². The fourth-order valence-corrected chi connectivity index (χ4v) is 3.08. The maximum absolute atomic E-state index is 6.21. The molecule has 5 heteroatoms. The zero-order valence-corrected chi connectivity index (χ0v) is 12.1. The molecular weight excluding hydrogens is 290 g/mol. The number of hydrogen-bond acceptors (Lipinski definition) is 4. The summed E-state index contributed by atoms with van der Waals surface area (Å²) in [4.78, 5) is 13.3. The maximum Gasteiger partial charge on any atom is 0.158 e. The van der Waals surface area contributed by atoms with Crippen LogP contribution >= 0.6 is 22.9 Å². The van der Waals surface area contributed by atoms with Gasteiger partial charge in [-0.1, -0.05) is 36.9 Å². The Bertz CT molecular complexity index is 790. The van der Waals surface area contributed by atoms with E-state index in [2.05, 4.69) is 28.1 Å². The van der Waals surface area contributed by atoms with Crippen molar-refractivity contribution in [2.45, 2.75) is 0 Å². The minimum absolute atomic E-state index is 0.324. The predicted octanol–water partition coefficient (Wildman–Crippen LogP) is 4.69. The Balaban J connectivity index is 2.22. The molecule has 3 aromatic rings. The molecule has 0 bridgehead atoms. The Morgan fingerprint density at radius 1 is 1.00 bits per heavy atom. The first-order chi connectivity index (χ1) is 9.72. The monoisotopic (exact) mass is 299 g/mol. The van der Waals surface area contributed by atoms with Crippen molar-refractivity contribution in [3.63, 3.8) is 0 Å². The minimum Gasteiger partial charge on any atom is -0.240 e. The topological polar surface area (TPSA) is 38.7 Å². The number of thiazole rings is 1. The Morgan fingerprint density at radius 3 is 2.40 bits per heavy atom. The molecule has 98 valence electrons. The molecule has 2 heterocycles. The molecule has 0 fully saturated rings. The molecule has 0 N–H and O–H groups in total. The average Bonchev–Trinajstić information content (AvgIpc) is 2.90. The summed E-state index contributed by atoms with van der Waals surface area (Å²) in [5.74, 6) is 0. The van der Waals surface area contributed by atoms with E-state index in [0.29, 0.717) is 22.2 Å². The van der Waals surface area contributed by atoms with Gasteiger partial charge in [0.15, 0.2) is 5.15 Å². The van der Waals surface area contributed by atoms with Crippen molar-refractivity contribution in [1.29, 1.82) is 0 Å². The lowest BCUT2D eigenvalue weighted by Gasteiger charge is -2.04. The fourth-order valence-electron chi connectivity index (χ4n) is 1.85. The second kappa shape index (κ2) is 5.15. The molecule has 0 saturated carbocycles. The first kappa shape index (κ1) is 13.0. The number of fused-ring (bicyclic) bond motifs is 1. The van der Waals surface area contributed by atoms with Crippen LogP contribution in [0.5, 0.6) is 0 Å². The minimum atomic E-state index is 0.324. The van der Waals surface area contributed by atoms with Crippen LogP contribution in [0, 0.1) is 0 Å². The molecule has 3 rings (SSSR count). The van der Waals surface area contributed by atoms with Crippen molar-refractivity contribution in [2.24, 2.45) is 0 Å². The SMILES string of the molecule is C=Cc1nc(Cl)c(-c2nc3ccccc3s2)nc1C=C. The highest BCUT2D eigenvalue weighted by Gasteiger charge is 2.14. The first-order valence-electron chi connectivity index (χ1n) is 5.91. The van der Waals surface area contributed by atoms with E-state index in [1.807, 2.05) is 24.3 Å². The second-order valence-corrected chi connectivity index (χ2v) is 5.42. The van der Waals surface area contributed by atoms with Crippen LogP contribution in [0.3, 0.4) is 0 Å². The molecule has 0 radical (unpaired) electrons. The summed E-state index contributed by atoms with van der Waals surface area (Å²) in [6.45, 7) is 7.43. The molecule has 0 aliphatic rings. The van der Waals surface area contributed by atoms with Crippen LogP contribution in [0.25, 0.3) is 33.1 Å². The van der Waals surface area contributed by atoms with Crippen molar-refractivity contribution < 1.29 is 0 Å². The summed E-state index contributed by atoms with van der Waals surface area (Å²) >= 11 is 7.75. The van der Waals surface area contributed by atoms with Gasteiger partial charge in [-0.15, -0.1) is 11.3 Å². The van der Waals surface area contributed by atoms with Gasteiger partial charge < -0.3 is 0 Å². The van der Waals surface area contributed by atoms with Gasteiger partial charge in [0, 0.05) is 0 Å². The number of rotatable bonds is 3. The summed E-state index contributed by atoms with van der Waals surface area (Å²) < 4.78 is 1.09. The zero-order valence-electron chi connectivity index (χ0n) is 10.5. The summed E-state index contributed by atoms with van der Waals surface area (Å²) in [5, 5.41) is 1.08. The summed E-state index contributed by atoms with van der Waals surface area (Å²) in [7, 11) is 0. The Labute approximate surface area is 125 Å². The van der Waals surface area contributed by atoms with Crippen LogP contribution in [0.4, 0.5) is 0 Å². The molecule has 2 aromatic heterocycles. The Kier molecular flexibility index (Phi) is 3.34. The van der Waals surface area contributed by atoms with Gasteiger partial charge >= 0.3 is 0 Å². The molecular formula is C15H10ClN3S. The third kappa shape index (κ3) is 2.13. The maximum atomic E-state index is 6.21. The van der Waals surface area contributed by atoms with Gasteiger partial charge in [0.2, 0.25) is 0 Å². The number of aromatic nitrogens is 3. The van der Waals surface area contributed by atoms with Crippen LogP contribution in [0.2, 0.25) is 5.15 Å². The van der Waals surface area contributed by atoms with E-state index in [9.17, 15) is 0 Å². The predicted molar refractivity (Wildman–Crippen MR) is 85.8 cm³/mol. The van der Waals surface area contributed by atoms with Crippen molar-refractivity contribution in [3.05, 3.63) is 54.0 Å². The van der Waals surface area contributed by atoms with E-state index < -0.39 is 0 Å². The van der Waals surface area contributed by atoms with Crippen LogP contribution < -0.4 is 0 Å². The molecule has 3 nitrogen and oxygen atoms in total. The quantitative estimate of drug-likeness (QED) is 0.704. The number of nitrogens with zero attached hydrogens (tertiary/aromatic N) is 3. The van der Waals surface area contributed by atoms with E-state index in [0.717, 1.165) is 15.2 Å². The van der Waals surface area contributed by atoms with Gasteiger partial charge in [0.05, 0.1) is 21.6 Å². The molecule has 0 saturated heterocycles. The summed E-state index contributed by atoms with van der Waals surface area (Å²) in [6, 6.07) is 7.91. The van der Waals surface area contributed by atoms with Crippen molar-refractivity contribution >= 4 is 45.3 Å². The molecule has 1 aromatic carbocycles. The van der Waals surface area contributed by atoms with Crippen molar-refractivity contribution in [1.82, 2.24) is 15.0 Å². The summed E-state index contributed by atoms with van der Waals surface area (Å²) in [6.07, 6.45) is 3.25.